The van der Waals surface area contributed by atoms with Crippen molar-refractivity contribution < 1.29 is 23.9 Å². The lowest BCUT2D eigenvalue weighted by molar-refractivity contribution is -0.385. The van der Waals surface area contributed by atoms with Gasteiger partial charge in [0.05, 0.1) is 36.8 Å². The number of amides is 1. The van der Waals surface area contributed by atoms with Gasteiger partial charge in [0.1, 0.15) is 5.60 Å². The van der Waals surface area contributed by atoms with E-state index in [1.165, 1.54) is 26.4 Å². The fourth-order valence-corrected chi connectivity index (χ4v) is 2.17. The normalized spacial score (nSPS) is 12.2. The number of alkyl carbamates (subject to hydrolysis) is 1. The van der Waals surface area contributed by atoms with Crippen LogP contribution in [-0.4, -0.2) is 30.8 Å². The number of carbonyl (C=O) groups is 1. The number of hydrogen-bond donors (Lipinski definition) is 1. The topological polar surface area (TPSA) is 99.9 Å². The number of nitro benzene ring substituents is 1. The monoisotopic (exact) mass is 340 g/mol. The van der Waals surface area contributed by atoms with Crippen LogP contribution in [0.1, 0.15) is 45.7 Å². The number of ether oxygens (including phenoxy) is 3. The first-order chi connectivity index (χ1) is 11.1. The van der Waals surface area contributed by atoms with Crippen molar-refractivity contribution in [3.63, 3.8) is 0 Å². The number of benzene rings is 1. The number of hydrogen-bond acceptors (Lipinski definition) is 6. The summed E-state index contributed by atoms with van der Waals surface area (Å²) in [5, 5.41) is 14.1. The number of nitrogens with zero attached hydrogens (tertiary/aromatic N) is 1. The van der Waals surface area contributed by atoms with Crippen LogP contribution in [0.3, 0.4) is 0 Å². The van der Waals surface area contributed by atoms with Gasteiger partial charge in [0.15, 0.2) is 11.5 Å². The summed E-state index contributed by atoms with van der Waals surface area (Å²) in [7, 11) is 2.84. The predicted octanol–water partition coefficient (Wildman–Crippen LogP) is 3.59. The Labute approximate surface area is 141 Å². The molecule has 1 atom stereocenters. The maximum absolute atomic E-state index is 12.0. The van der Waals surface area contributed by atoms with Gasteiger partial charge >= 0.3 is 6.09 Å². The highest BCUT2D eigenvalue weighted by atomic mass is 16.6. The molecular weight excluding hydrogens is 316 g/mol. The van der Waals surface area contributed by atoms with Crippen LogP contribution in [0, 0.1) is 10.1 Å². The van der Waals surface area contributed by atoms with Crippen molar-refractivity contribution in [2.75, 3.05) is 14.2 Å². The molecule has 0 aliphatic carbocycles. The Kier molecular flexibility index (Phi) is 6.39. The summed E-state index contributed by atoms with van der Waals surface area (Å²) >= 11 is 0. The second kappa shape index (κ2) is 7.85. The van der Waals surface area contributed by atoms with Gasteiger partial charge in [0.2, 0.25) is 0 Å². The van der Waals surface area contributed by atoms with Crippen molar-refractivity contribution in [3.8, 4) is 11.5 Å². The van der Waals surface area contributed by atoms with Gasteiger partial charge in [-0.05, 0) is 33.3 Å². The molecule has 0 aliphatic rings. The van der Waals surface area contributed by atoms with Gasteiger partial charge in [0, 0.05) is 0 Å². The van der Waals surface area contributed by atoms with Crippen molar-refractivity contribution in [2.45, 2.75) is 45.8 Å². The molecule has 0 aliphatic heterocycles. The van der Waals surface area contributed by atoms with Gasteiger partial charge in [-0.15, -0.1) is 0 Å². The van der Waals surface area contributed by atoms with Gasteiger partial charge in [-0.25, -0.2) is 4.79 Å². The van der Waals surface area contributed by atoms with E-state index in [2.05, 4.69) is 5.32 Å². The maximum Gasteiger partial charge on any atom is 0.408 e. The second-order valence-corrected chi connectivity index (χ2v) is 6.13. The third-order valence-electron chi connectivity index (χ3n) is 3.20. The van der Waals surface area contributed by atoms with Gasteiger partial charge in [0.25, 0.3) is 5.69 Å². The largest absolute Gasteiger partial charge is 0.493 e. The zero-order chi connectivity index (χ0) is 18.5. The highest BCUT2D eigenvalue weighted by Gasteiger charge is 2.27. The smallest absolute Gasteiger partial charge is 0.408 e. The Hall–Kier alpha value is -2.51. The quantitative estimate of drug-likeness (QED) is 0.627. The van der Waals surface area contributed by atoms with Crippen LogP contribution in [0.5, 0.6) is 11.5 Å². The van der Waals surface area contributed by atoms with Crippen molar-refractivity contribution in [1.82, 2.24) is 5.32 Å². The van der Waals surface area contributed by atoms with Gasteiger partial charge in [-0.3, -0.25) is 10.1 Å². The first-order valence-electron chi connectivity index (χ1n) is 7.52. The Balaban J connectivity index is 3.24. The molecule has 24 heavy (non-hydrogen) atoms. The van der Waals surface area contributed by atoms with Crippen LogP contribution in [0.15, 0.2) is 12.1 Å². The van der Waals surface area contributed by atoms with E-state index in [1.807, 2.05) is 6.92 Å². The van der Waals surface area contributed by atoms with Crippen LogP contribution in [0.2, 0.25) is 0 Å². The van der Waals surface area contributed by atoms with E-state index in [-0.39, 0.29) is 11.4 Å². The summed E-state index contributed by atoms with van der Waals surface area (Å²) in [6.07, 6.45) is -0.200. The average molecular weight is 340 g/mol. The van der Waals surface area contributed by atoms with Crippen LogP contribution in [0.25, 0.3) is 0 Å². The molecule has 8 heteroatoms. The minimum Gasteiger partial charge on any atom is -0.493 e. The highest BCUT2D eigenvalue weighted by molar-refractivity contribution is 5.69. The number of methoxy groups -OCH3 is 2. The zero-order valence-electron chi connectivity index (χ0n) is 14.8. The lowest BCUT2D eigenvalue weighted by Crippen LogP contribution is -2.35. The molecule has 8 nitrogen and oxygen atoms in total. The fraction of sp³-hybridized carbons (Fsp3) is 0.562. The highest BCUT2D eigenvalue weighted by Crippen LogP contribution is 2.38. The summed E-state index contributed by atoms with van der Waals surface area (Å²) < 4.78 is 15.5. The molecule has 1 aromatic rings. The Morgan fingerprint density at radius 2 is 1.79 bits per heavy atom. The molecule has 1 amide bonds. The third-order valence-corrected chi connectivity index (χ3v) is 3.20. The van der Waals surface area contributed by atoms with E-state index in [0.717, 1.165) is 0 Å². The molecule has 0 saturated carbocycles. The third kappa shape index (κ3) is 5.00. The molecule has 1 N–H and O–H groups in total. The Morgan fingerprint density at radius 1 is 1.25 bits per heavy atom. The van der Waals surface area contributed by atoms with E-state index >= 15 is 0 Å². The standard InChI is InChI=1S/C16H24N2O6/c1-7-11(17-15(19)24-16(2,3)4)10-8-13(22-5)14(23-6)9-12(10)18(20)21/h8-9,11H,7H2,1-6H3,(H,17,19). The average Bonchev–Trinajstić information content (AvgIpc) is 2.49. The van der Waals surface area contributed by atoms with Gasteiger partial charge in [-0.1, -0.05) is 6.92 Å². The van der Waals surface area contributed by atoms with Crippen molar-refractivity contribution in [1.29, 1.82) is 0 Å². The molecular formula is C16H24N2O6. The van der Waals surface area contributed by atoms with Crippen molar-refractivity contribution in [2.24, 2.45) is 0 Å². The predicted molar refractivity (Wildman–Crippen MR) is 88.6 cm³/mol. The molecule has 0 radical (unpaired) electrons. The van der Waals surface area contributed by atoms with Crippen LogP contribution in [0.4, 0.5) is 10.5 Å². The Bertz CT molecular complexity index is 609. The van der Waals surface area contributed by atoms with Crippen LogP contribution in [-0.2, 0) is 4.74 Å². The molecule has 0 aromatic heterocycles. The van der Waals surface area contributed by atoms with Crippen LogP contribution >= 0.6 is 0 Å². The van der Waals surface area contributed by atoms with Gasteiger partial charge < -0.3 is 19.5 Å². The van der Waals surface area contributed by atoms with E-state index in [9.17, 15) is 14.9 Å². The minimum absolute atomic E-state index is 0.157. The van der Waals surface area contributed by atoms with E-state index < -0.39 is 22.7 Å². The molecule has 0 fully saturated rings. The Morgan fingerprint density at radius 3 is 2.21 bits per heavy atom. The number of nitro groups is 1. The summed E-state index contributed by atoms with van der Waals surface area (Å²) in [6.45, 7) is 7.04. The number of nitrogens with one attached hydrogen (secondary N) is 1. The first-order valence-corrected chi connectivity index (χ1v) is 7.52. The molecule has 1 aromatic carbocycles. The van der Waals surface area contributed by atoms with Crippen molar-refractivity contribution >= 4 is 11.8 Å². The minimum atomic E-state index is -0.661. The van der Waals surface area contributed by atoms with E-state index in [1.54, 1.807) is 20.8 Å². The molecule has 0 bridgehead atoms. The first kappa shape index (κ1) is 19.5. The van der Waals surface area contributed by atoms with E-state index in [4.69, 9.17) is 14.2 Å². The maximum atomic E-state index is 12.0. The summed E-state index contributed by atoms with van der Waals surface area (Å²) in [4.78, 5) is 22.9. The lowest BCUT2D eigenvalue weighted by atomic mass is 10.0. The SMILES string of the molecule is CCC(NC(=O)OC(C)(C)C)c1cc(OC)c(OC)cc1[N+](=O)[O-]. The molecule has 0 spiro atoms. The van der Waals surface area contributed by atoms with Gasteiger partial charge in [-0.2, -0.15) is 0 Å². The second-order valence-electron chi connectivity index (χ2n) is 6.13. The van der Waals surface area contributed by atoms with E-state index in [0.29, 0.717) is 17.7 Å². The fourth-order valence-electron chi connectivity index (χ4n) is 2.17. The molecule has 0 heterocycles. The molecule has 0 saturated heterocycles. The molecule has 1 rings (SSSR count). The molecule has 134 valence electrons. The number of rotatable bonds is 6. The summed E-state index contributed by atoms with van der Waals surface area (Å²) in [5.41, 5.74) is -0.493. The number of carbonyl (C=O) groups excluding carboxylic acids is 1. The zero-order valence-corrected chi connectivity index (χ0v) is 14.8. The van der Waals surface area contributed by atoms with Crippen molar-refractivity contribution in [3.05, 3.63) is 27.8 Å². The summed E-state index contributed by atoms with van der Waals surface area (Å²) in [6, 6.07) is 2.19. The molecule has 1 unspecified atom stereocenters. The van der Waals surface area contributed by atoms with Crippen LogP contribution < -0.4 is 14.8 Å². The lowest BCUT2D eigenvalue weighted by Gasteiger charge is -2.23. The summed E-state index contributed by atoms with van der Waals surface area (Å²) in [5.74, 6) is 0.600.